The van der Waals surface area contributed by atoms with Gasteiger partial charge in [0.25, 0.3) is 5.91 Å². The van der Waals surface area contributed by atoms with E-state index in [0.717, 1.165) is 28.7 Å². The number of aromatic nitrogens is 2. The molecule has 0 aliphatic carbocycles. The van der Waals surface area contributed by atoms with Gasteiger partial charge in [-0.25, -0.2) is 4.68 Å². The van der Waals surface area contributed by atoms with E-state index in [1.807, 2.05) is 0 Å². The van der Waals surface area contributed by atoms with E-state index in [1.54, 1.807) is 12.1 Å². The molecule has 0 saturated heterocycles. The molecule has 0 unspecified atom stereocenters. The molecule has 0 bridgehead atoms. The Morgan fingerprint density at radius 3 is 2.04 bits per heavy atom. The average Bonchev–Trinajstić information content (AvgIpc) is 3.30. The molecule has 4 aromatic rings. The topological polar surface area (TPSA) is 125 Å². The molecule has 0 fully saturated rings. The number of benzene rings is 3. The third-order valence-corrected chi connectivity index (χ3v) is 9.37. The summed E-state index contributed by atoms with van der Waals surface area (Å²) in [6, 6.07) is 15.4. The van der Waals surface area contributed by atoms with Crippen molar-refractivity contribution in [3.05, 3.63) is 107 Å². The van der Waals surface area contributed by atoms with Gasteiger partial charge in [-0.15, -0.1) is 4.91 Å². The molecule has 3 N–H and O–H groups in total. The van der Waals surface area contributed by atoms with Crippen LogP contribution in [-0.4, -0.2) is 21.6 Å². The highest BCUT2D eigenvalue weighted by Crippen LogP contribution is 2.36. The van der Waals surface area contributed by atoms with Crippen molar-refractivity contribution in [2.24, 2.45) is 5.18 Å². The maximum absolute atomic E-state index is 13.1. The van der Waals surface area contributed by atoms with Crippen LogP contribution in [0.3, 0.4) is 0 Å². The minimum atomic E-state index is -0.872. The summed E-state index contributed by atoms with van der Waals surface area (Å²) in [4.78, 5) is 50.6. The number of nitroso groups, excluding NO2 is 1. The standard InChI is InChI=1S/C34H36Cl3N5O4/c1-7-33(3,4)21-12-9-20(24(16-21)34(5,6)8-2)15-27(43)38-23-13-10-19(11-14-23)31(44)39-30-28(41-46)32(45)42(40-30)29-25(36)17-22(35)18-26(29)37/h9-14,16-18,40H,7-8,15H2,1-6H3,(H,38,43)(H,39,44). The molecule has 46 heavy (non-hydrogen) atoms. The second-order valence-corrected chi connectivity index (χ2v) is 13.6. The number of nitrogens with one attached hydrogen (secondary N) is 3. The van der Waals surface area contributed by atoms with Crippen molar-refractivity contribution in [2.75, 3.05) is 10.6 Å². The van der Waals surface area contributed by atoms with Gasteiger partial charge in [0.1, 0.15) is 5.69 Å². The number of carbonyl (C=O) groups excluding carboxylic acids is 2. The van der Waals surface area contributed by atoms with Gasteiger partial charge in [0.2, 0.25) is 11.6 Å². The molecule has 3 aromatic carbocycles. The van der Waals surface area contributed by atoms with Crippen molar-refractivity contribution >= 4 is 63.8 Å². The normalized spacial score (nSPS) is 11.8. The van der Waals surface area contributed by atoms with Crippen molar-refractivity contribution in [3.8, 4) is 5.69 Å². The smallest absolute Gasteiger partial charge is 0.303 e. The summed E-state index contributed by atoms with van der Waals surface area (Å²) < 4.78 is 0.900. The molecular weight excluding hydrogens is 649 g/mol. The first-order valence-electron chi connectivity index (χ1n) is 14.8. The van der Waals surface area contributed by atoms with E-state index >= 15 is 0 Å². The lowest BCUT2D eigenvalue weighted by Gasteiger charge is -2.30. The SMILES string of the molecule is CCC(C)(C)c1ccc(CC(=O)Nc2ccc(C(=O)Nc3[nH]n(-c4c(Cl)cc(Cl)cc4Cl)c(=O)c3N=O)cc2)c(C(C)(C)CC)c1. The van der Waals surface area contributed by atoms with Gasteiger partial charge in [0.15, 0.2) is 5.82 Å². The molecule has 0 aliphatic heterocycles. The molecule has 0 radical (unpaired) electrons. The highest BCUT2D eigenvalue weighted by Gasteiger charge is 2.27. The van der Waals surface area contributed by atoms with Crippen LogP contribution in [0.25, 0.3) is 5.69 Å². The second-order valence-electron chi connectivity index (χ2n) is 12.4. The molecule has 4 rings (SSSR count). The zero-order valence-electron chi connectivity index (χ0n) is 26.5. The minimum Gasteiger partial charge on any atom is -0.326 e. The first kappa shape index (κ1) is 34.9. The highest BCUT2D eigenvalue weighted by molar-refractivity contribution is 6.40. The van der Waals surface area contributed by atoms with Crippen LogP contribution in [0.4, 0.5) is 17.2 Å². The molecule has 2 amide bonds. The predicted molar refractivity (Wildman–Crippen MR) is 187 cm³/mol. The predicted octanol–water partition coefficient (Wildman–Crippen LogP) is 9.33. The first-order valence-corrected chi connectivity index (χ1v) is 15.9. The van der Waals surface area contributed by atoms with E-state index in [0.29, 0.717) is 5.69 Å². The molecule has 12 heteroatoms. The Labute approximate surface area is 282 Å². The summed E-state index contributed by atoms with van der Waals surface area (Å²) in [6.45, 7) is 13.2. The fourth-order valence-corrected chi connectivity index (χ4v) is 5.94. The van der Waals surface area contributed by atoms with Crippen LogP contribution in [0.5, 0.6) is 0 Å². The van der Waals surface area contributed by atoms with E-state index in [2.05, 4.69) is 80.7 Å². The summed E-state index contributed by atoms with van der Waals surface area (Å²) in [5, 5.41) is 11.1. The maximum atomic E-state index is 13.1. The van der Waals surface area contributed by atoms with Gasteiger partial charge in [-0.1, -0.05) is 94.5 Å². The van der Waals surface area contributed by atoms with Gasteiger partial charge in [0, 0.05) is 16.3 Å². The number of H-pyrrole nitrogens is 1. The molecule has 1 aromatic heterocycles. The Kier molecular flexibility index (Phi) is 10.5. The van der Waals surface area contributed by atoms with Gasteiger partial charge < -0.3 is 10.6 Å². The van der Waals surface area contributed by atoms with Gasteiger partial charge in [-0.2, -0.15) is 0 Å². The molecule has 0 atom stereocenters. The van der Waals surface area contributed by atoms with Gasteiger partial charge in [-0.05, 0) is 81.9 Å². The molecule has 0 spiro atoms. The lowest BCUT2D eigenvalue weighted by molar-refractivity contribution is -0.115. The molecular formula is C34H36Cl3N5O4. The summed E-state index contributed by atoms with van der Waals surface area (Å²) in [7, 11) is 0. The van der Waals surface area contributed by atoms with Crippen LogP contribution >= 0.6 is 34.8 Å². The highest BCUT2D eigenvalue weighted by atomic mass is 35.5. The van der Waals surface area contributed by atoms with Gasteiger partial charge in [-0.3, -0.25) is 19.5 Å². The molecule has 1 heterocycles. The van der Waals surface area contributed by atoms with Crippen LogP contribution in [-0.2, 0) is 22.0 Å². The van der Waals surface area contributed by atoms with Crippen LogP contribution in [0.2, 0.25) is 15.1 Å². The van der Waals surface area contributed by atoms with E-state index in [-0.39, 0.29) is 55.3 Å². The second kappa shape index (κ2) is 13.8. The summed E-state index contributed by atoms with van der Waals surface area (Å²) in [6.07, 6.45) is 2.12. The monoisotopic (exact) mass is 683 g/mol. The third-order valence-electron chi connectivity index (χ3n) is 8.57. The van der Waals surface area contributed by atoms with Crippen molar-refractivity contribution in [1.82, 2.24) is 9.78 Å². The van der Waals surface area contributed by atoms with Gasteiger partial charge in [0.05, 0.1) is 16.5 Å². The Morgan fingerprint density at radius 1 is 0.870 bits per heavy atom. The Bertz CT molecular complexity index is 1840. The quantitative estimate of drug-likeness (QED) is 0.136. The van der Waals surface area contributed by atoms with Crippen molar-refractivity contribution in [3.63, 3.8) is 0 Å². The van der Waals surface area contributed by atoms with Crippen LogP contribution in [0.15, 0.2) is 64.6 Å². The molecule has 0 saturated carbocycles. The van der Waals surface area contributed by atoms with Crippen LogP contribution in [0.1, 0.15) is 81.4 Å². The molecule has 9 nitrogen and oxygen atoms in total. The summed E-state index contributed by atoms with van der Waals surface area (Å²) in [5.74, 6) is -1.07. The number of aromatic amines is 1. The van der Waals surface area contributed by atoms with E-state index in [1.165, 1.54) is 29.8 Å². The average molecular weight is 685 g/mol. The summed E-state index contributed by atoms with van der Waals surface area (Å²) in [5.41, 5.74) is 2.59. The summed E-state index contributed by atoms with van der Waals surface area (Å²) >= 11 is 18.4. The number of hydrogen-bond donors (Lipinski definition) is 3. The maximum Gasteiger partial charge on any atom is 0.303 e. The minimum absolute atomic E-state index is 0.0239. The van der Waals surface area contributed by atoms with Crippen molar-refractivity contribution < 1.29 is 9.59 Å². The third kappa shape index (κ3) is 7.38. The zero-order valence-corrected chi connectivity index (χ0v) is 28.7. The van der Waals surface area contributed by atoms with Crippen molar-refractivity contribution in [1.29, 1.82) is 0 Å². The Morgan fingerprint density at radius 2 is 1.48 bits per heavy atom. The number of nitrogens with zero attached hydrogens (tertiary/aromatic N) is 2. The Hall–Kier alpha value is -3.92. The lowest BCUT2D eigenvalue weighted by Crippen LogP contribution is -2.24. The fourth-order valence-electron chi connectivity index (χ4n) is 4.95. The number of hydrogen-bond acceptors (Lipinski definition) is 5. The number of halogens is 3. The largest absolute Gasteiger partial charge is 0.326 e. The first-order chi connectivity index (χ1) is 21.6. The number of rotatable bonds is 11. The molecule has 0 aliphatic rings. The number of anilines is 2. The Balaban J connectivity index is 1.50. The number of amides is 2. The van der Waals surface area contributed by atoms with Crippen molar-refractivity contribution in [2.45, 2.75) is 71.6 Å². The lowest BCUT2D eigenvalue weighted by atomic mass is 9.74. The van der Waals surface area contributed by atoms with Gasteiger partial charge >= 0.3 is 5.56 Å². The zero-order chi connectivity index (χ0) is 34.0. The fraction of sp³-hybridized carbons (Fsp3) is 0.324. The molecule has 242 valence electrons. The van der Waals surface area contributed by atoms with Crippen LogP contribution < -0.4 is 16.2 Å². The van der Waals surface area contributed by atoms with E-state index < -0.39 is 17.2 Å². The van der Waals surface area contributed by atoms with E-state index in [4.69, 9.17) is 34.8 Å². The number of carbonyl (C=O) groups is 2. The van der Waals surface area contributed by atoms with Crippen LogP contribution in [0, 0.1) is 4.91 Å². The van der Waals surface area contributed by atoms with E-state index in [9.17, 15) is 19.3 Å².